The summed E-state index contributed by atoms with van der Waals surface area (Å²) < 4.78 is 6.93. The van der Waals surface area contributed by atoms with E-state index in [1.165, 1.54) is 44.1 Å². The van der Waals surface area contributed by atoms with Crippen LogP contribution in [0.5, 0.6) is 5.75 Å². The molecule has 0 unspecified atom stereocenters. The minimum atomic E-state index is 0.122. The number of nitrogens with zero attached hydrogens (tertiary/aromatic N) is 2. The number of carbonyl (C=O) groups excluding carboxylic acids is 1. The molecule has 0 radical (unpaired) electrons. The second-order valence-electron chi connectivity index (χ2n) is 10.2. The van der Waals surface area contributed by atoms with Crippen LogP contribution < -0.4 is 4.74 Å². The van der Waals surface area contributed by atoms with E-state index >= 15 is 0 Å². The van der Waals surface area contributed by atoms with Crippen molar-refractivity contribution in [3.8, 4) is 5.75 Å². The lowest BCUT2D eigenvalue weighted by Crippen LogP contribution is -2.41. The van der Waals surface area contributed by atoms with Crippen molar-refractivity contribution in [2.24, 2.45) is 4.99 Å². The molecule has 0 N–H and O–H groups in total. The van der Waals surface area contributed by atoms with Crippen LogP contribution >= 0.6 is 27.7 Å². The number of hydrogen-bond donors (Lipinski definition) is 0. The van der Waals surface area contributed by atoms with Gasteiger partial charge in [-0.05, 0) is 89.6 Å². The van der Waals surface area contributed by atoms with E-state index in [4.69, 9.17) is 9.73 Å². The van der Waals surface area contributed by atoms with Crippen LogP contribution in [-0.4, -0.2) is 28.1 Å². The van der Waals surface area contributed by atoms with E-state index < -0.39 is 0 Å². The number of aliphatic imine (C=N–C) groups is 1. The van der Waals surface area contributed by atoms with Gasteiger partial charge in [-0.15, -0.1) is 0 Å². The predicted molar refractivity (Wildman–Crippen MR) is 153 cm³/mol. The Labute approximate surface area is 227 Å². The number of carbonyl (C=O) groups is 1. The molecular formula is C30H35BrN2O2S. The molecule has 0 atom stereocenters. The number of benzene rings is 2. The number of rotatable bonds is 6. The van der Waals surface area contributed by atoms with Gasteiger partial charge in [0.15, 0.2) is 5.17 Å². The van der Waals surface area contributed by atoms with Crippen molar-refractivity contribution in [2.45, 2.75) is 89.8 Å². The Morgan fingerprint density at radius 1 is 1.00 bits per heavy atom. The monoisotopic (exact) mass is 566 g/mol. The highest BCUT2D eigenvalue weighted by Crippen LogP contribution is 2.39. The largest absolute Gasteiger partial charge is 0.488 e. The highest BCUT2D eigenvalue weighted by Gasteiger charge is 2.39. The number of halogens is 1. The summed E-state index contributed by atoms with van der Waals surface area (Å²) in [6, 6.07) is 15.1. The Bertz CT molecular complexity index is 1130. The smallest absolute Gasteiger partial charge is 0.266 e. The van der Waals surface area contributed by atoms with E-state index in [-0.39, 0.29) is 11.9 Å². The van der Waals surface area contributed by atoms with Crippen molar-refractivity contribution < 1.29 is 9.53 Å². The zero-order valence-corrected chi connectivity index (χ0v) is 23.5. The number of hydrogen-bond acceptors (Lipinski definition) is 4. The molecule has 0 bridgehead atoms. The number of thioether (sulfide) groups is 1. The van der Waals surface area contributed by atoms with E-state index in [9.17, 15) is 4.79 Å². The van der Waals surface area contributed by atoms with E-state index in [2.05, 4.69) is 47.1 Å². The van der Waals surface area contributed by atoms with E-state index in [1.54, 1.807) is 11.8 Å². The highest BCUT2D eigenvalue weighted by atomic mass is 79.9. The molecule has 1 saturated heterocycles. The maximum Gasteiger partial charge on any atom is 0.266 e. The minimum absolute atomic E-state index is 0.122. The maximum absolute atomic E-state index is 13.6. The van der Waals surface area contributed by atoms with Crippen molar-refractivity contribution >= 4 is 44.8 Å². The van der Waals surface area contributed by atoms with E-state index in [0.29, 0.717) is 12.6 Å². The molecule has 3 fully saturated rings. The van der Waals surface area contributed by atoms with Crippen LogP contribution in [0.25, 0.3) is 6.08 Å². The van der Waals surface area contributed by atoms with E-state index in [1.807, 2.05) is 29.2 Å². The molecule has 1 heterocycles. The van der Waals surface area contributed by atoms with Crippen molar-refractivity contribution in [1.29, 1.82) is 0 Å². The van der Waals surface area contributed by atoms with Gasteiger partial charge in [0.25, 0.3) is 5.91 Å². The van der Waals surface area contributed by atoms with Crippen LogP contribution in [-0.2, 0) is 11.4 Å². The molecule has 5 rings (SSSR count). The Morgan fingerprint density at radius 3 is 2.39 bits per heavy atom. The molecule has 36 heavy (non-hydrogen) atoms. The fourth-order valence-electron chi connectivity index (χ4n) is 5.32. The fraction of sp³-hybridized carbons (Fsp3) is 0.467. The molecule has 0 spiro atoms. The van der Waals surface area contributed by atoms with Crippen molar-refractivity contribution in [2.75, 3.05) is 0 Å². The van der Waals surface area contributed by atoms with E-state index in [0.717, 1.165) is 57.1 Å². The third-order valence-electron chi connectivity index (χ3n) is 7.41. The Hall–Kier alpha value is -2.05. The number of ether oxygens (including phenoxy) is 1. The number of amides is 1. The zero-order chi connectivity index (χ0) is 24.9. The highest BCUT2D eigenvalue weighted by molar-refractivity contribution is 9.10. The molecule has 3 aliphatic rings. The summed E-state index contributed by atoms with van der Waals surface area (Å²) in [5, 5.41) is 0.933. The average molecular weight is 568 g/mol. The molecule has 0 aromatic heterocycles. The second kappa shape index (κ2) is 12.0. The van der Waals surface area contributed by atoms with Crippen LogP contribution in [0, 0.1) is 6.92 Å². The molecule has 2 aromatic carbocycles. The first kappa shape index (κ1) is 25.6. The van der Waals surface area contributed by atoms with Gasteiger partial charge in [0.05, 0.1) is 15.4 Å². The quantitative estimate of drug-likeness (QED) is 0.330. The standard InChI is InChI=1S/C30H35BrN2O2S/c1-21-12-14-22(15-13-21)20-35-27-17-16-23(18-26(27)31)19-28-29(34)33(25-10-6-3-7-11-25)30(36-28)32-24-8-4-2-5-9-24/h12-19,24-25H,2-11,20H2,1H3. The molecule has 2 aromatic rings. The van der Waals surface area contributed by atoms with Gasteiger partial charge in [-0.2, -0.15) is 0 Å². The molecule has 2 saturated carbocycles. The average Bonchev–Trinajstić information content (AvgIpc) is 3.19. The van der Waals surface area contributed by atoms with Gasteiger partial charge in [-0.3, -0.25) is 14.7 Å². The van der Waals surface area contributed by atoms with Crippen LogP contribution in [0.3, 0.4) is 0 Å². The summed E-state index contributed by atoms with van der Waals surface area (Å²) in [5.74, 6) is 0.920. The van der Waals surface area contributed by atoms with Crippen LogP contribution in [0.15, 0.2) is 56.8 Å². The summed E-state index contributed by atoms with van der Waals surface area (Å²) in [6.07, 6.45) is 14.0. The topological polar surface area (TPSA) is 41.9 Å². The molecule has 1 aliphatic heterocycles. The van der Waals surface area contributed by atoms with Crippen LogP contribution in [0.1, 0.15) is 80.9 Å². The molecule has 6 heteroatoms. The van der Waals surface area contributed by atoms with Crippen molar-refractivity contribution in [3.63, 3.8) is 0 Å². The first-order valence-corrected chi connectivity index (χ1v) is 15.0. The fourth-order valence-corrected chi connectivity index (χ4v) is 6.95. The first-order chi connectivity index (χ1) is 17.6. The molecule has 2 aliphatic carbocycles. The molecular weight excluding hydrogens is 532 g/mol. The van der Waals surface area contributed by atoms with Gasteiger partial charge in [0, 0.05) is 6.04 Å². The van der Waals surface area contributed by atoms with Crippen LogP contribution in [0.2, 0.25) is 0 Å². The lowest BCUT2D eigenvalue weighted by Gasteiger charge is -2.31. The number of amidine groups is 1. The van der Waals surface area contributed by atoms with Crippen molar-refractivity contribution in [3.05, 3.63) is 68.5 Å². The summed E-state index contributed by atoms with van der Waals surface area (Å²) in [4.78, 5) is 21.6. The maximum atomic E-state index is 13.6. The van der Waals surface area contributed by atoms with Crippen LogP contribution in [0.4, 0.5) is 0 Å². The lowest BCUT2D eigenvalue weighted by molar-refractivity contribution is -0.124. The SMILES string of the molecule is Cc1ccc(COc2ccc(C=C3SC(=NC4CCCCC4)N(C4CCCCC4)C3=O)cc2Br)cc1. The van der Waals surface area contributed by atoms with Crippen molar-refractivity contribution in [1.82, 2.24) is 4.90 Å². The van der Waals surface area contributed by atoms with Gasteiger partial charge in [-0.25, -0.2) is 0 Å². The van der Waals surface area contributed by atoms with Gasteiger partial charge in [0.1, 0.15) is 12.4 Å². The first-order valence-electron chi connectivity index (χ1n) is 13.4. The summed E-state index contributed by atoms with van der Waals surface area (Å²) >= 11 is 5.24. The molecule has 190 valence electrons. The normalized spacial score (nSPS) is 22.1. The van der Waals surface area contributed by atoms with Gasteiger partial charge < -0.3 is 4.74 Å². The Morgan fingerprint density at radius 2 is 1.69 bits per heavy atom. The summed E-state index contributed by atoms with van der Waals surface area (Å²) in [5.41, 5.74) is 3.37. The van der Waals surface area contributed by atoms with Gasteiger partial charge in [0.2, 0.25) is 0 Å². The third-order valence-corrected chi connectivity index (χ3v) is 9.03. The summed E-state index contributed by atoms with van der Waals surface area (Å²) in [7, 11) is 0. The zero-order valence-electron chi connectivity index (χ0n) is 21.0. The van der Waals surface area contributed by atoms with Gasteiger partial charge in [-0.1, -0.05) is 74.4 Å². The predicted octanol–water partition coefficient (Wildman–Crippen LogP) is 8.27. The second-order valence-corrected chi connectivity index (χ2v) is 12.1. The number of aryl methyl sites for hydroxylation is 1. The molecule has 4 nitrogen and oxygen atoms in total. The lowest BCUT2D eigenvalue weighted by atomic mass is 9.94. The van der Waals surface area contributed by atoms with Gasteiger partial charge >= 0.3 is 0 Å². The third kappa shape index (κ3) is 6.25. The Kier molecular flexibility index (Phi) is 8.53. The summed E-state index contributed by atoms with van der Waals surface area (Å²) in [6.45, 7) is 2.60. The molecule has 1 amide bonds. The Balaban J connectivity index is 1.33. The minimum Gasteiger partial charge on any atom is -0.488 e.